The lowest BCUT2D eigenvalue weighted by molar-refractivity contribution is -0.271. The molecule has 1 heterocycles. The van der Waals surface area contributed by atoms with Crippen LogP contribution in [0, 0.1) is 0 Å². The summed E-state index contributed by atoms with van der Waals surface area (Å²) in [4.78, 5) is 11.1. The van der Waals surface area contributed by atoms with Crippen molar-refractivity contribution in [2.24, 2.45) is 0 Å². The summed E-state index contributed by atoms with van der Waals surface area (Å²) in [5.74, 6) is -1.12. The molecular formula is C16H15BrO7. The molecule has 2 aromatic rings. The molecule has 128 valence electrons. The first-order valence-corrected chi connectivity index (χ1v) is 7.94. The van der Waals surface area contributed by atoms with Crippen LogP contribution in [0.2, 0.25) is 0 Å². The Hall–Kier alpha value is -1.71. The van der Waals surface area contributed by atoms with Gasteiger partial charge in [-0.3, -0.25) is 0 Å². The molecule has 8 heteroatoms. The maximum Gasteiger partial charge on any atom is 0.335 e. The van der Waals surface area contributed by atoms with Crippen LogP contribution in [0.15, 0.2) is 40.9 Å². The number of fused-ring (bicyclic) bond motifs is 1. The van der Waals surface area contributed by atoms with E-state index in [2.05, 4.69) is 15.9 Å². The second-order valence-electron chi connectivity index (χ2n) is 5.51. The van der Waals surface area contributed by atoms with Gasteiger partial charge in [0.05, 0.1) is 0 Å². The molecule has 1 fully saturated rings. The van der Waals surface area contributed by atoms with Gasteiger partial charge in [-0.2, -0.15) is 0 Å². The molecule has 7 nitrogen and oxygen atoms in total. The van der Waals surface area contributed by atoms with Gasteiger partial charge in [-0.15, -0.1) is 0 Å². The Bertz CT molecular complexity index is 765. The number of ether oxygens (including phenoxy) is 2. The minimum Gasteiger partial charge on any atom is -0.479 e. The van der Waals surface area contributed by atoms with Crippen molar-refractivity contribution in [3.8, 4) is 5.75 Å². The molecule has 4 N–H and O–H groups in total. The molecule has 1 aliphatic heterocycles. The van der Waals surface area contributed by atoms with E-state index in [1.165, 1.54) is 0 Å². The zero-order chi connectivity index (χ0) is 17.4. The highest BCUT2D eigenvalue weighted by Gasteiger charge is 2.48. The summed E-state index contributed by atoms with van der Waals surface area (Å²) in [6.07, 6.45) is -8.13. The summed E-state index contributed by atoms with van der Waals surface area (Å²) in [5, 5.41) is 40.3. The summed E-state index contributed by atoms with van der Waals surface area (Å²) in [6, 6.07) is 10.8. The van der Waals surface area contributed by atoms with Crippen molar-refractivity contribution in [2.75, 3.05) is 0 Å². The minimum atomic E-state index is -1.74. The molecule has 1 aliphatic rings. The third-order valence-corrected chi connectivity index (χ3v) is 4.33. The van der Waals surface area contributed by atoms with Crippen LogP contribution >= 0.6 is 15.9 Å². The Labute approximate surface area is 145 Å². The quantitative estimate of drug-likeness (QED) is 0.605. The van der Waals surface area contributed by atoms with E-state index >= 15 is 0 Å². The van der Waals surface area contributed by atoms with Crippen LogP contribution in [0.5, 0.6) is 5.75 Å². The highest BCUT2D eigenvalue weighted by atomic mass is 79.9. The lowest BCUT2D eigenvalue weighted by Crippen LogP contribution is -2.61. The van der Waals surface area contributed by atoms with E-state index < -0.39 is 36.7 Å². The van der Waals surface area contributed by atoms with E-state index in [1.807, 2.05) is 18.2 Å². The summed E-state index contributed by atoms with van der Waals surface area (Å²) in [5.41, 5.74) is 0. The first-order valence-electron chi connectivity index (χ1n) is 7.15. The van der Waals surface area contributed by atoms with Crippen LogP contribution < -0.4 is 4.74 Å². The Morgan fingerprint density at radius 3 is 2.38 bits per heavy atom. The predicted octanol–water partition coefficient (Wildman–Crippen LogP) is 0.873. The number of aliphatic carboxylic acids is 1. The lowest BCUT2D eigenvalue weighted by atomic mass is 9.99. The van der Waals surface area contributed by atoms with Crippen molar-refractivity contribution >= 4 is 32.7 Å². The molecule has 5 unspecified atom stereocenters. The Morgan fingerprint density at radius 1 is 1.00 bits per heavy atom. The molecule has 0 radical (unpaired) electrons. The van der Waals surface area contributed by atoms with Gasteiger partial charge in [-0.05, 0) is 35.0 Å². The molecule has 0 spiro atoms. The maximum atomic E-state index is 11.1. The number of hydrogen-bond donors (Lipinski definition) is 4. The summed E-state index contributed by atoms with van der Waals surface area (Å²) in [7, 11) is 0. The zero-order valence-electron chi connectivity index (χ0n) is 12.2. The normalized spacial score (nSPS) is 30.2. The molecule has 1 saturated heterocycles. The Morgan fingerprint density at radius 2 is 1.67 bits per heavy atom. The fraction of sp³-hybridized carbons (Fsp3) is 0.312. The molecule has 0 saturated carbocycles. The molecule has 3 rings (SSSR count). The standard InChI is InChI=1S/C16H15BrO7/c17-9-3-1-8-6-10(4-2-7(8)5-9)23-16-13(20)11(18)12(19)14(24-16)15(21)22/h1-6,11-14,16,18-20H,(H,21,22). The number of hydrogen-bond acceptors (Lipinski definition) is 6. The number of rotatable bonds is 3. The van der Waals surface area contributed by atoms with Crippen molar-refractivity contribution in [3.05, 3.63) is 40.9 Å². The van der Waals surface area contributed by atoms with E-state index in [1.54, 1.807) is 18.2 Å². The van der Waals surface area contributed by atoms with E-state index in [0.717, 1.165) is 15.2 Å². The molecule has 0 aliphatic carbocycles. The van der Waals surface area contributed by atoms with Crippen molar-refractivity contribution in [1.29, 1.82) is 0 Å². The topological polar surface area (TPSA) is 116 Å². The SMILES string of the molecule is O=C(O)C1OC(Oc2ccc3cc(Br)ccc3c2)C(O)C(O)C1O. The molecular weight excluding hydrogens is 384 g/mol. The van der Waals surface area contributed by atoms with Gasteiger partial charge in [-0.25, -0.2) is 4.79 Å². The van der Waals surface area contributed by atoms with Crippen LogP contribution in [-0.2, 0) is 9.53 Å². The number of carboxylic acids is 1. The monoisotopic (exact) mass is 398 g/mol. The highest BCUT2D eigenvalue weighted by Crippen LogP contribution is 2.28. The van der Waals surface area contributed by atoms with Crippen LogP contribution in [0.25, 0.3) is 10.8 Å². The van der Waals surface area contributed by atoms with Crippen molar-refractivity contribution in [3.63, 3.8) is 0 Å². The van der Waals surface area contributed by atoms with Crippen LogP contribution in [-0.4, -0.2) is 57.1 Å². The Balaban J connectivity index is 1.83. The predicted molar refractivity (Wildman–Crippen MR) is 86.6 cm³/mol. The average molecular weight is 399 g/mol. The first kappa shape index (κ1) is 17.1. The number of carbonyl (C=O) groups is 1. The fourth-order valence-corrected chi connectivity index (χ4v) is 2.93. The van der Waals surface area contributed by atoms with E-state index in [4.69, 9.17) is 14.6 Å². The maximum absolute atomic E-state index is 11.1. The number of aliphatic hydroxyl groups excluding tert-OH is 3. The van der Waals surface area contributed by atoms with Gasteiger partial charge >= 0.3 is 5.97 Å². The smallest absolute Gasteiger partial charge is 0.335 e. The number of carboxylic acid groups (broad SMARTS) is 1. The second-order valence-corrected chi connectivity index (χ2v) is 6.42. The summed E-state index contributed by atoms with van der Waals surface area (Å²) < 4.78 is 11.5. The zero-order valence-corrected chi connectivity index (χ0v) is 13.8. The van der Waals surface area contributed by atoms with Crippen molar-refractivity contribution in [1.82, 2.24) is 0 Å². The highest BCUT2D eigenvalue weighted by molar-refractivity contribution is 9.10. The number of benzene rings is 2. The first-order chi connectivity index (χ1) is 11.4. The average Bonchev–Trinajstić information content (AvgIpc) is 2.55. The van der Waals surface area contributed by atoms with Crippen LogP contribution in [0.1, 0.15) is 0 Å². The minimum absolute atomic E-state index is 0.335. The van der Waals surface area contributed by atoms with Crippen molar-refractivity contribution in [2.45, 2.75) is 30.7 Å². The summed E-state index contributed by atoms with van der Waals surface area (Å²) >= 11 is 3.38. The van der Waals surface area contributed by atoms with Crippen LogP contribution in [0.3, 0.4) is 0 Å². The molecule has 0 amide bonds. The number of aliphatic hydroxyl groups is 3. The molecule has 24 heavy (non-hydrogen) atoms. The van der Waals surface area contributed by atoms with Gasteiger partial charge < -0.3 is 29.9 Å². The second kappa shape index (κ2) is 6.66. The Kier molecular flexibility index (Phi) is 4.75. The van der Waals surface area contributed by atoms with E-state index in [9.17, 15) is 20.1 Å². The van der Waals surface area contributed by atoms with Crippen molar-refractivity contribution < 1.29 is 34.7 Å². The van der Waals surface area contributed by atoms with Gasteiger partial charge in [0.1, 0.15) is 24.1 Å². The summed E-state index contributed by atoms with van der Waals surface area (Å²) in [6.45, 7) is 0. The molecule has 2 aromatic carbocycles. The molecule has 0 aromatic heterocycles. The third kappa shape index (κ3) is 3.24. The van der Waals surface area contributed by atoms with E-state index in [0.29, 0.717) is 5.75 Å². The molecule has 5 atom stereocenters. The lowest BCUT2D eigenvalue weighted by Gasteiger charge is -2.38. The molecule has 0 bridgehead atoms. The van der Waals surface area contributed by atoms with E-state index in [-0.39, 0.29) is 0 Å². The number of halogens is 1. The van der Waals surface area contributed by atoms with Gasteiger partial charge in [-0.1, -0.05) is 28.1 Å². The van der Waals surface area contributed by atoms with Gasteiger partial charge in [0.25, 0.3) is 0 Å². The van der Waals surface area contributed by atoms with Crippen LogP contribution in [0.4, 0.5) is 0 Å². The van der Waals surface area contributed by atoms with Gasteiger partial charge in [0.15, 0.2) is 6.10 Å². The van der Waals surface area contributed by atoms with Gasteiger partial charge in [0, 0.05) is 4.47 Å². The van der Waals surface area contributed by atoms with Gasteiger partial charge in [0.2, 0.25) is 6.29 Å². The fourth-order valence-electron chi connectivity index (χ4n) is 2.55. The third-order valence-electron chi connectivity index (χ3n) is 3.84. The largest absolute Gasteiger partial charge is 0.479 e.